The van der Waals surface area contributed by atoms with Crippen molar-refractivity contribution < 1.29 is 14.3 Å². The molecule has 3 aromatic rings. The van der Waals surface area contributed by atoms with E-state index in [0.717, 1.165) is 29.7 Å². The van der Waals surface area contributed by atoms with Crippen molar-refractivity contribution >= 4 is 29.4 Å². The number of anilines is 1. The molecule has 1 aromatic heterocycles. The van der Waals surface area contributed by atoms with Crippen LogP contribution in [-0.4, -0.2) is 52.1 Å². The van der Waals surface area contributed by atoms with Crippen molar-refractivity contribution in [2.45, 2.75) is 39.2 Å². The molecule has 0 saturated carbocycles. The van der Waals surface area contributed by atoms with Gasteiger partial charge in [-0.15, -0.1) is 0 Å². The van der Waals surface area contributed by atoms with Crippen molar-refractivity contribution in [3.63, 3.8) is 0 Å². The fraction of sp³-hybridized carbons (Fsp3) is 0.346. The van der Waals surface area contributed by atoms with Crippen LogP contribution in [0.15, 0.2) is 54.7 Å². The smallest absolute Gasteiger partial charge is 0.246 e. The van der Waals surface area contributed by atoms with Gasteiger partial charge in [0, 0.05) is 42.0 Å². The number of benzene rings is 2. The molecule has 4 rings (SSSR count). The highest BCUT2D eigenvalue weighted by Gasteiger charge is 2.24. The molecular weight excluding hydrogens is 452 g/mol. The summed E-state index contributed by atoms with van der Waals surface area (Å²) in [7, 11) is 0. The number of aryl methyl sites for hydroxylation is 1. The van der Waals surface area contributed by atoms with E-state index in [1.54, 1.807) is 24.0 Å². The number of imidazole rings is 1. The summed E-state index contributed by atoms with van der Waals surface area (Å²) in [5, 5.41) is 3.55. The quantitative estimate of drug-likeness (QED) is 0.499. The number of carbonyl (C=O) groups is 2. The normalized spacial score (nSPS) is 15.3. The van der Waals surface area contributed by atoms with Gasteiger partial charge in [0.15, 0.2) is 0 Å². The number of hydrogen-bond acceptors (Lipinski definition) is 4. The first-order valence-corrected chi connectivity index (χ1v) is 11.9. The molecule has 2 amide bonds. The lowest BCUT2D eigenvalue weighted by molar-refractivity contribution is -0.135. The zero-order valence-corrected chi connectivity index (χ0v) is 20.2. The predicted octanol–water partition coefficient (Wildman–Crippen LogP) is 4.86. The van der Waals surface area contributed by atoms with E-state index in [2.05, 4.69) is 10.3 Å². The van der Waals surface area contributed by atoms with Crippen molar-refractivity contribution in [2.24, 2.45) is 0 Å². The Kier molecular flexibility index (Phi) is 7.65. The van der Waals surface area contributed by atoms with E-state index in [1.807, 2.05) is 54.1 Å². The number of hydrogen-bond donors (Lipinski definition) is 1. The van der Waals surface area contributed by atoms with Crippen LogP contribution >= 0.6 is 11.6 Å². The van der Waals surface area contributed by atoms with E-state index < -0.39 is 0 Å². The van der Waals surface area contributed by atoms with Gasteiger partial charge in [-0.1, -0.05) is 48.4 Å². The van der Waals surface area contributed by atoms with Crippen LogP contribution in [0.3, 0.4) is 0 Å². The first-order valence-electron chi connectivity index (χ1n) is 11.5. The summed E-state index contributed by atoms with van der Waals surface area (Å²) >= 11 is 6.04. The molecule has 0 unspecified atom stereocenters. The molecule has 0 spiro atoms. The Morgan fingerprint density at radius 1 is 1.18 bits per heavy atom. The monoisotopic (exact) mass is 480 g/mol. The van der Waals surface area contributed by atoms with E-state index in [4.69, 9.17) is 16.3 Å². The van der Waals surface area contributed by atoms with Crippen LogP contribution < -0.4 is 5.32 Å². The molecule has 1 N–H and O–H groups in total. The molecular formula is C26H29ClN4O3. The number of amides is 2. The molecule has 2 aromatic carbocycles. The van der Waals surface area contributed by atoms with Gasteiger partial charge in [-0.2, -0.15) is 0 Å². The Hall–Kier alpha value is -3.16. The minimum absolute atomic E-state index is 0.0191. The van der Waals surface area contributed by atoms with E-state index in [0.29, 0.717) is 36.2 Å². The van der Waals surface area contributed by atoms with Gasteiger partial charge in [0.1, 0.15) is 6.54 Å². The number of nitrogens with one attached hydrogen (secondary N) is 1. The molecule has 1 aliphatic rings. The largest absolute Gasteiger partial charge is 0.376 e. The third kappa shape index (κ3) is 5.85. The average Bonchev–Trinajstić information content (AvgIpc) is 3.49. The Balaban J connectivity index is 1.58. The maximum Gasteiger partial charge on any atom is 0.246 e. The molecule has 0 aliphatic carbocycles. The molecule has 1 atom stereocenters. The zero-order chi connectivity index (χ0) is 24.1. The molecule has 7 nitrogen and oxygen atoms in total. The summed E-state index contributed by atoms with van der Waals surface area (Å²) in [6.45, 7) is 4.89. The summed E-state index contributed by atoms with van der Waals surface area (Å²) in [5.41, 5.74) is 3.59. The van der Waals surface area contributed by atoms with Crippen molar-refractivity contribution in [2.75, 3.05) is 25.0 Å². The van der Waals surface area contributed by atoms with Crippen molar-refractivity contribution in [1.29, 1.82) is 0 Å². The molecule has 0 radical (unpaired) electrons. The summed E-state index contributed by atoms with van der Waals surface area (Å²) in [5.74, 6) is 0.00983. The molecule has 34 heavy (non-hydrogen) atoms. The summed E-state index contributed by atoms with van der Waals surface area (Å²) in [6.07, 6.45) is 4.07. The highest BCUT2D eigenvalue weighted by Crippen LogP contribution is 2.26. The van der Waals surface area contributed by atoms with Crippen LogP contribution in [0.5, 0.6) is 0 Å². The number of carbonyl (C=O) groups excluding carboxylic acids is 2. The van der Waals surface area contributed by atoms with Gasteiger partial charge in [-0.05, 0) is 44.0 Å². The fourth-order valence-electron chi connectivity index (χ4n) is 3.98. The van der Waals surface area contributed by atoms with Crippen molar-refractivity contribution in [3.05, 3.63) is 65.3 Å². The van der Waals surface area contributed by atoms with Crippen LogP contribution in [0, 0.1) is 6.92 Å². The average molecular weight is 481 g/mol. The van der Waals surface area contributed by atoms with Gasteiger partial charge < -0.3 is 9.64 Å². The number of rotatable bonds is 8. The maximum absolute atomic E-state index is 13.0. The lowest BCUT2D eigenvalue weighted by Gasteiger charge is -2.24. The zero-order valence-electron chi connectivity index (χ0n) is 19.5. The molecule has 8 heteroatoms. The minimum atomic E-state index is -0.304. The highest BCUT2D eigenvalue weighted by atomic mass is 35.5. The Morgan fingerprint density at radius 3 is 2.56 bits per heavy atom. The van der Waals surface area contributed by atoms with Crippen LogP contribution in [0.4, 0.5) is 5.95 Å². The van der Waals surface area contributed by atoms with Crippen molar-refractivity contribution in [3.8, 4) is 16.9 Å². The Morgan fingerprint density at radius 2 is 1.91 bits per heavy atom. The number of halogens is 1. The summed E-state index contributed by atoms with van der Waals surface area (Å²) < 4.78 is 7.51. The summed E-state index contributed by atoms with van der Waals surface area (Å²) in [6, 6.07) is 15.3. The van der Waals surface area contributed by atoms with Gasteiger partial charge in [-0.25, -0.2) is 4.98 Å². The summed E-state index contributed by atoms with van der Waals surface area (Å²) in [4.78, 5) is 31.8. The first kappa shape index (κ1) is 24.0. The Labute approximate surface area is 204 Å². The van der Waals surface area contributed by atoms with Gasteiger partial charge >= 0.3 is 0 Å². The molecule has 2 heterocycles. The van der Waals surface area contributed by atoms with E-state index in [-0.39, 0.29) is 24.5 Å². The standard InChI is InChI=1S/C26H29ClN4O3/c1-3-25(33)30(15-22-5-4-14-34-22)17-24(32)29-26-28-23(19-8-10-20(27)11-9-19)16-31(26)21-12-6-18(2)7-13-21/h6-13,16,22H,3-5,14-15,17H2,1-2H3,(H,28,29,32)/t22-/m1/s1. The number of nitrogens with zero attached hydrogens (tertiary/aromatic N) is 3. The molecule has 0 bridgehead atoms. The third-order valence-corrected chi connectivity index (χ3v) is 6.10. The number of aromatic nitrogens is 2. The van der Waals surface area contributed by atoms with Gasteiger partial charge in [-0.3, -0.25) is 19.5 Å². The second-order valence-corrected chi connectivity index (χ2v) is 8.91. The van der Waals surface area contributed by atoms with Gasteiger partial charge in [0.25, 0.3) is 0 Å². The molecule has 1 aliphatic heterocycles. The lowest BCUT2D eigenvalue weighted by atomic mass is 10.2. The van der Waals surface area contributed by atoms with Crippen molar-refractivity contribution in [1.82, 2.24) is 14.5 Å². The molecule has 1 saturated heterocycles. The van der Waals surface area contributed by atoms with Crippen LogP contribution in [0.25, 0.3) is 16.9 Å². The second-order valence-electron chi connectivity index (χ2n) is 8.47. The van der Waals surface area contributed by atoms with E-state index >= 15 is 0 Å². The van der Waals surface area contributed by atoms with Gasteiger partial charge in [0.05, 0.1) is 11.8 Å². The van der Waals surface area contributed by atoms with E-state index in [9.17, 15) is 9.59 Å². The molecule has 1 fully saturated rings. The number of ether oxygens (including phenoxy) is 1. The maximum atomic E-state index is 13.0. The lowest BCUT2D eigenvalue weighted by Crippen LogP contribution is -2.42. The van der Waals surface area contributed by atoms with Crippen LogP contribution in [-0.2, 0) is 14.3 Å². The minimum Gasteiger partial charge on any atom is -0.376 e. The highest BCUT2D eigenvalue weighted by molar-refractivity contribution is 6.30. The Bertz CT molecular complexity index is 1140. The SMILES string of the molecule is CCC(=O)N(CC(=O)Nc1nc(-c2ccc(Cl)cc2)cn1-c1ccc(C)cc1)C[C@H]1CCCO1. The second kappa shape index (κ2) is 10.8. The fourth-order valence-corrected chi connectivity index (χ4v) is 4.11. The topological polar surface area (TPSA) is 76.5 Å². The van der Waals surface area contributed by atoms with E-state index in [1.165, 1.54) is 0 Å². The van der Waals surface area contributed by atoms with Crippen LogP contribution in [0.1, 0.15) is 31.7 Å². The molecule has 178 valence electrons. The third-order valence-electron chi connectivity index (χ3n) is 5.85. The first-order chi connectivity index (χ1) is 16.4. The van der Waals surface area contributed by atoms with Crippen LogP contribution in [0.2, 0.25) is 5.02 Å². The van der Waals surface area contributed by atoms with Gasteiger partial charge in [0.2, 0.25) is 17.8 Å². The predicted molar refractivity (Wildman–Crippen MR) is 133 cm³/mol.